The van der Waals surface area contributed by atoms with Gasteiger partial charge in [-0.05, 0) is 35.4 Å². The lowest BCUT2D eigenvalue weighted by Gasteiger charge is -2.06. The van der Waals surface area contributed by atoms with Crippen molar-refractivity contribution in [3.63, 3.8) is 0 Å². The first-order valence-electron chi connectivity index (χ1n) is 6.14. The number of halogens is 1. The third kappa shape index (κ3) is 4.58. The standard InChI is InChI=1S/C16H16N2O.ClH/c1-19-16-7-5-13(6-8-16)11-18-12-15-4-2-3-14(9-15)10-17;/h2-9,18H,11-12H2,1H3;1H. The van der Waals surface area contributed by atoms with Crippen LogP contribution in [0.3, 0.4) is 0 Å². The molecule has 2 rings (SSSR count). The average molecular weight is 289 g/mol. The molecule has 0 aliphatic rings. The lowest BCUT2D eigenvalue weighted by molar-refractivity contribution is 0.414. The highest BCUT2D eigenvalue weighted by Crippen LogP contribution is 2.11. The van der Waals surface area contributed by atoms with E-state index in [4.69, 9.17) is 10.00 Å². The van der Waals surface area contributed by atoms with Crippen LogP contribution in [0.4, 0.5) is 0 Å². The molecule has 2 aromatic rings. The summed E-state index contributed by atoms with van der Waals surface area (Å²) in [5, 5.41) is 12.2. The topological polar surface area (TPSA) is 45.0 Å². The van der Waals surface area contributed by atoms with Gasteiger partial charge in [0.2, 0.25) is 0 Å². The van der Waals surface area contributed by atoms with E-state index in [2.05, 4.69) is 11.4 Å². The summed E-state index contributed by atoms with van der Waals surface area (Å²) in [6, 6.07) is 17.8. The monoisotopic (exact) mass is 288 g/mol. The molecule has 0 fully saturated rings. The predicted octanol–water partition coefficient (Wildman–Crippen LogP) is 3.28. The number of rotatable bonds is 5. The lowest BCUT2D eigenvalue weighted by Crippen LogP contribution is -2.12. The van der Waals surface area contributed by atoms with E-state index >= 15 is 0 Å². The number of hydrogen-bond acceptors (Lipinski definition) is 3. The molecule has 0 atom stereocenters. The van der Waals surface area contributed by atoms with Crippen molar-refractivity contribution in [3.8, 4) is 11.8 Å². The van der Waals surface area contributed by atoms with Crippen molar-refractivity contribution in [2.24, 2.45) is 0 Å². The van der Waals surface area contributed by atoms with Crippen molar-refractivity contribution >= 4 is 12.4 Å². The van der Waals surface area contributed by atoms with Gasteiger partial charge in [0.1, 0.15) is 5.75 Å². The summed E-state index contributed by atoms with van der Waals surface area (Å²) in [6.07, 6.45) is 0. The van der Waals surface area contributed by atoms with Crippen molar-refractivity contribution in [2.75, 3.05) is 7.11 Å². The van der Waals surface area contributed by atoms with E-state index in [1.807, 2.05) is 48.5 Å². The summed E-state index contributed by atoms with van der Waals surface area (Å²) in [5.74, 6) is 0.866. The fraction of sp³-hybridized carbons (Fsp3) is 0.188. The molecule has 0 radical (unpaired) electrons. The maximum Gasteiger partial charge on any atom is 0.118 e. The molecule has 4 heteroatoms. The highest BCUT2D eigenvalue weighted by molar-refractivity contribution is 5.85. The minimum Gasteiger partial charge on any atom is -0.497 e. The Morgan fingerprint density at radius 2 is 1.75 bits per heavy atom. The Morgan fingerprint density at radius 3 is 2.40 bits per heavy atom. The van der Waals surface area contributed by atoms with Gasteiger partial charge in [-0.3, -0.25) is 0 Å². The molecule has 104 valence electrons. The van der Waals surface area contributed by atoms with Crippen molar-refractivity contribution in [2.45, 2.75) is 13.1 Å². The maximum atomic E-state index is 8.83. The van der Waals surface area contributed by atoms with Crippen molar-refractivity contribution in [3.05, 3.63) is 65.2 Å². The van der Waals surface area contributed by atoms with Crippen LogP contribution in [-0.4, -0.2) is 7.11 Å². The van der Waals surface area contributed by atoms with Crippen molar-refractivity contribution in [1.29, 1.82) is 5.26 Å². The molecule has 0 saturated carbocycles. The number of hydrogen-bond donors (Lipinski definition) is 1. The first-order chi connectivity index (χ1) is 9.31. The molecule has 0 unspecified atom stereocenters. The summed E-state index contributed by atoms with van der Waals surface area (Å²) in [6.45, 7) is 1.54. The van der Waals surface area contributed by atoms with Crippen LogP contribution in [0.15, 0.2) is 48.5 Å². The number of ether oxygens (including phenoxy) is 1. The van der Waals surface area contributed by atoms with Crippen LogP contribution in [0.25, 0.3) is 0 Å². The van der Waals surface area contributed by atoms with Crippen LogP contribution < -0.4 is 10.1 Å². The van der Waals surface area contributed by atoms with Crippen LogP contribution >= 0.6 is 12.4 Å². The largest absolute Gasteiger partial charge is 0.497 e. The zero-order valence-electron chi connectivity index (χ0n) is 11.3. The SMILES string of the molecule is COc1ccc(CNCc2cccc(C#N)c2)cc1.Cl. The third-order valence-corrected chi connectivity index (χ3v) is 2.87. The lowest BCUT2D eigenvalue weighted by atomic mass is 10.1. The van der Waals surface area contributed by atoms with Gasteiger partial charge in [-0.25, -0.2) is 0 Å². The van der Waals surface area contributed by atoms with E-state index < -0.39 is 0 Å². The number of methoxy groups -OCH3 is 1. The second kappa shape index (κ2) is 8.21. The molecule has 0 heterocycles. The highest BCUT2D eigenvalue weighted by atomic mass is 35.5. The van der Waals surface area contributed by atoms with Crippen molar-refractivity contribution < 1.29 is 4.74 Å². The Bertz CT molecular complexity index is 576. The maximum absolute atomic E-state index is 8.83. The van der Waals surface area contributed by atoms with E-state index in [1.54, 1.807) is 7.11 Å². The molecule has 0 aromatic heterocycles. The molecule has 0 amide bonds. The molecule has 3 nitrogen and oxygen atoms in total. The molecule has 0 spiro atoms. The molecular formula is C16H17ClN2O. The normalized spacial score (nSPS) is 9.40. The number of nitriles is 1. The summed E-state index contributed by atoms with van der Waals surface area (Å²) in [7, 11) is 1.66. The number of nitrogens with one attached hydrogen (secondary N) is 1. The Labute approximate surface area is 125 Å². The van der Waals surface area contributed by atoms with Gasteiger partial charge in [0.25, 0.3) is 0 Å². The average Bonchev–Trinajstić information content (AvgIpc) is 2.48. The van der Waals surface area contributed by atoms with Crippen LogP contribution in [0.1, 0.15) is 16.7 Å². The molecule has 2 aromatic carbocycles. The van der Waals surface area contributed by atoms with E-state index in [-0.39, 0.29) is 12.4 Å². The van der Waals surface area contributed by atoms with Gasteiger partial charge < -0.3 is 10.1 Å². The third-order valence-electron chi connectivity index (χ3n) is 2.87. The van der Waals surface area contributed by atoms with Gasteiger partial charge in [-0.1, -0.05) is 24.3 Å². The number of benzene rings is 2. The molecule has 0 saturated heterocycles. The van der Waals surface area contributed by atoms with Gasteiger partial charge in [-0.2, -0.15) is 5.26 Å². The second-order valence-electron chi connectivity index (χ2n) is 4.26. The summed E-state index contributed by atoms with van der Waals surface area (Å²) >= 11 is 0. The molecule has 20 heavy (non-hydrogen) atoms. The summed E-state index contributed by atoms with van der Waals surface area (Å²) in [4.78, 5) is 0. The molecule has 0 bridgehead atoms. The molecule has 0 aliphatic heterocycles. The van der Waals surface area contributed by atoms with E-state index in [9.17, 15) is 0 Å². The van der Waals surface area contributed by atoms with E-state index in [0.717, 1.165) is 24.4 Å². The first-order valence-corrected chi connectivity index (χ1v) is 6.14. The van der Waals surface area contributed by atoms with Gasteiger partial charge >= 0.3 is 0 Å². The Kier molecular flexibility index (Phi) is 6.58. The van der Waals surface area contributed by atoms with Crippen molar-refractivity contribution in [1.82, 2.24) is 5.32 Å². The molecular weight excluding hydrogens is 272 g/mol. The Balaban J connectivity index is 0.00000200. The number of nitrogens with zero attached hydrogens (tertiary/aromatic N) is 1. The fourth-order valence-corrected chi connectivity index (χ4v) is 1.85. The Hall–Kier alpha value is -2.02. The smallest absolute Gasteiger partial charge is 0.118 e. The van der Waals surface area contributed by atoms with Crippen LogP contribution in [0.2, 0.25) is 0 Å². The fourth-order valence-electron chi connectivity index (χ4n) is 1.85. The van der Waals surface area contributed by atoms with Crippen LogP contribution in [-0.2, 0) is 13.1 Å². The second-order valence-corrected chi connectivity index (χ2v) is 4.26. The van der Waals surface area contributed by atoms with E-state index in [1.165, 1.54) is 5.56 Å². The molecule has 0 aliphatic carbocycles. The zero-order chi connectivity index (χ0) is 13.5. The first kappa shape index (κ1) is 16.0. The highest BCUT2D eigenvalue weighted by Gasteiger charge is 1.97. The predicted molar refractivity (Wildman–Crippen MR) is 81.9 cm³/mol. The van der Waals surface area contributed by atoms with Gasteiger partial charge in [0, 0.05) is 13.1 Å². The van der Waals surface area contributed by atoms with Crippen LogP contribution in [0.5, 0.6) is 5.75 Å². The van der Waals surface area contributed by atoms with Gasteiger partial charge in [-0.15, -0.1) is 12.4 Å². The summed E-state index contributed by atoms with van der Waals surface area (Å²) < 4.78 is 5.12. The summed E-state index contributed by atoms with van der Waals surface area (Å²) in [5.41, 5.74) is 3.02. The minimum absolute atomic E-state index is 0. The minimum atomic E-state index is 0. The Morgan fingerprint density at radius 1 is 1.05 bits per heavy atom. The quantitative estimate of drug-likeness (QED) is 0.918. The molecule has 1 N–H and O–H groups in total. The van der Waals surface area contributed by atoms with Crippen LogP contribution in [0, 0.1) is 11.3 Å². The zero-order valence-corrected chi connectivity index (χ0v) is 12.1. The van der Waals surface area contributed by atoms with Gasteiger partial charge in [0.05, 0.1) is 18.7 Å². The van der Waals surface area contributed by atoms with E-state index in [0.29, 0.717) is 5.56 Å². The van der Waals surface area contributed by atoms with Gasteiger partial charge in [0.15, 0.2) is 0 Å².